The van der Waals surface area contributed by atoms with Crippen molar-refractivity contribution in [1.29, 1.82) is 0 Å². The molecule has 44 heavy (non-hydrogen) atoms. The van der Waals surface area contributed by atoms with Gasteiger partial charge in [-0.15, -0.1) is 0 Å². The van der Waals surface area contributed by atoms with Crippen molar-refractivity contribution in [3.05, 3.63) is 125 Å². The minimum absolute atomic E-state index is 0. The Morgan fingerprint density at radius 1 is 0.795 bits per heavy atom. The number of carboxylic acid groups (broad SMARTS) is 1. The summed E-state index contributed by atoms with van der Waals surface area (Å²) in [5, 5.41) is 14.5. The van der Waals surface area contributed by atoms with Crippen molar-refractivity contribution in [3.63, 3.8) is 0 Å². The standard InChI is InChI=1S/C38H46N2O3.Na/c1-3-36-35(27-34(40(36)2)24-13-25-37(41)42)38(43)32-22-12-23-33(26-32)39-28-31(20-10-18-29-14-6-4-7-15-29)21-11-19-30-16-8-5-9-17-30;/h4-9,12,14-17,22-23,26-27,31,39H,3,10-11,13,18-21,24-25,28H2,1-2H3,(H,41,42);/q;+1/p-1. The fourth-order valence-electron chi connectivity index (χ4n) is 5.99. The van der Waals surface area contributed by atoms with E-state index in [0.717, 1.165) is 68.6 Å². The van der Waals surface area contributed by atoms with Gasteiger partial charge in [-0.2, -0.15) is 0 Å². The van der Waals surface area contributed by atoms with Crippen molar-refractivity contribution in [2.24, 2.45) is 13.0 Å². The normalized spacial score (nSPS) is 10.9. The van der Waals surface area contributed by atoms with Crippen molar-refractivity contribution >= 4 is 17.4 Å². The van der Waals surface area contributed by atoms with Crippen LogP contribution in [0.5, 0.6) is 0 Å². The predicted octanol–water partition coefficient (Wildman–Crippen LogP) is 3.97. The van der Waals surface area contributed by atoms with Crippen LogP contribution in [0.1, 0.15) is 83.9 Å². The van der Waals surface area contributed by atoms with E-state index in [1.165, 1.54) is 11.1 Å². The number of aromatic nitrogens is 1. The number of nitrogens with one attached hydrogen (secondary N) is 1. The van der Waals surface area contributed by atoms with E-state index in [1.54, 1.807) is 0 Å². The van der Waals surface area contributed by atoms with Gasteiger partial charge in [-0.3, -0.25) is 4.79 Å². The summed E-state index contributed by atoms with van der Waals surface area (Å²) >= 11 is 0. The average Bonchev–Trinajstić information content (AvgIpc) is 3.34. The first-order chi connectivity index (χ1) is 20.9. The number of hydrogen-bond acceptors (Lipinski definition) is 4. The smallest absolute Gasteiger partial charge is 0.550 e. The minimum atomic E-state index is -1.04. The zero-order chi connectivity index (χ0) is 30.4. The number of nitrogens with zero attached hydrogens (tertiary/aromatic N) is 1. The third kappa shape index (κ3) is 10.8. The van der Waals surface area contributed by atoms with E-state index in [0.29, 0.717) is 29.9 Å². The van der Waals surface area contributed by atoms with Gasteiger partial charge in [0.25, 0.3) is 0 Å². The van der Waals surface area contributed by atoms with Gasteiger partial charge in [-0.25, -0.2) is 0 Å². The largest absolute Gasteiger partial charge is 1.00 e. The minimum Gasteiger partial charge on any atom is -0.550 e. The Morgan fingerprint density at radius 3 is 1.98 bits per heavy atom. The topological polar surface area (TPSA) is 74.2 Å². The third-order valence-corrected chi connectivity index (χ3v) is 8.41. The fourth-order valence-corrected chi connectivity index (χ4v) is 5.99. The van der Waals surface area contributed by atoms with Crippen molar-refractivity contribution in [2.75, 3.05) is 11.9 Å². The maximum absolute atomic E-state index is 13.7. The molecular weight excluding hydrogens is 555 g/mol. The van der Waals surface area contributed by atoms with Crippen LogP contribution in [-0.4, -0.2) is 22.9 Å². The van der Waals surface area contributed by atoms with Gasteiger partial charge in [0.2, 0.25) is 0 Å². The summed E-state index contributed by atoms with van der Waals surface area (Å²) in [7, 11) is 1.96. The summed E-state index contributed by atoms with van der Waals surface area (Å²) < 4.78 is 2.04. The van der Waals surface area contributed by atoms with Gasteiger partial charge in [0.15, 0.2) is 5.78 Å². The zero-order valence-corrected chi connectivity index (χ0v) is 28.7. The second-order valence-corrected chi connectivity index (χ2v) is 11.5. The number of hydrogen-bond donors (Lipinski definition) is 1. The second kappa shape index (κ2) is 18.6. The van der Waals surface area contributed by atoms with E-state index in [1.807, 2.05) is 48.9 Å². The fraction of sp³-hybridized carbons (Fsp3) is 0.368. The summed E-state index contributed by atoms with van der Waals surface area (Å²) in [5.41, 5.74) is 7.05. The summed E-state index contributed by atoms with van der Waals surface area (Å²) in [5.74, 6) is -0.499. The maximum atomic E-state index is 13.7. The Kier molecular flexibility index (Phi) is 15.0. The van der Waals surface area contributed by atoms with E-state index in [4.69, 9.17) is 0 Å². The van der Waals surface area contributed by atoms with Crippen molar-refractivity contribution in [1.82, 2.24) is 4.57 Å². The number of benzene rings is 3. The Bertz CT molecular complexity index is 1400. The molecule has 0 amide bonds. The van der Waals surface area contributed by atoms with Gasteiger partial charge < -0.3 is 19.8 Å². The van der Waals surface area contributed by atoms with E-state index in [9.17, 15) is 14.7 Å². The number of anilines is 1. The molecule has 0 saturated heterocycles. The van der Waals surface area contributed by atoms with Gasteiger partial charge in [0.05, 0.1) is 0 Å². The summed E-state index contributed by atoms with van der Waals surface area (Å²) in [6, 6.07) is 31.2. The molecule has 0 aliphatic carbocycles. The number of aliphatic carboxylic acids is 1. The third-order valence-electron chi connectivity index (χ3n) is 8.41. The SMILES string of the molecule is CCc1c(C(=O)c2cccc(NCC(CCCc3ccccc3)CCCc3ccccc3)c2)cc(CCCC(=O)[O-])n1C.[Na+]. The molecule has 0 saturated carbocycles. The Morgan fingerprint density at radius 2 is 1.41 bits per heavy atom. The first-order valence-corrected chi connectivity index (χ1v) is 15.8. The molecule has 1 heterocycles. The zero-order valence-electron chi connectivity index (χ0n) is 26.7. The molecule has 226 valence electrons. The van der Waals surface area contributed by atoms with E-state index in [-0.39, 0.29) is 41.8 Å². The van der Waals surface area contributed by atoms with Crippen LogP contribution in [0.25, 0.3) is 0 Å². The molecular formula is C38H45N2NaO3. The van der Waals surface area contributed by atoms with Crippen molar-refractivity contribution in [2.45, 2.75) is 71.1 Å². The average molecular weight is 601 g/mol. The van der Waals surface area contributed by atoms with Crippen LogP contribution in [0.4, 0.5) is 5.69 Å². The molecule has 4 rings (SSSR count). The van der Waals surface area contributed by atoms with Crippen LogP contribution < -0.4 is 40.0 Å². The summed E-state index contributed by atoms with van der Waals surface area (Å²) in [4.78, 5) is 24.5. The molecule has 0 spiro atoms. The van der Waals surface area contributed by atoms with Crippen LogP contribution in [0.2, 0.25) is 0 Å². The monoisotopic (exact) mass is 600 g/mol. The first-order valence-electron chi connectivity index (χ1n) is 15.8. The van der Waals surface area contributed by atoms with Gasteiger partial charge in [-0.05, 0) is 99.5 Å². The molecule has 1 N–H and O–H groups in total. The van der Waals surface area contributed by atoms with Crippen LogP contribution in [0.15, 0.2) is 91.0 Å². The molecule has 4 aromatic rings. The molecule has 0 atom stereocenters. The second-order valence-electron chi connectivity index (χ2n) is 11.5. The molecule has 5 nitrogen and oxygen atoms in total. The molecule has 0 radical (unpaired) electrons. The number of rotatable bonds is 18. The molecule has 0 aliphatic heterocycles. The van der Waals surface area contributed by atoms with Gasteiger partial charge >= 0.3 is 29.6 Å². The van der Waals surface area contributed by atoms with Gasteiger partial charge in [0.1, 0.15) is 0 Å². The number of carbonyl (C=O) groups excluding carboxylic acids is 2. The number of carboxylic acids is 1. The van der Waals surface area contributed by atoms with Gasteiger partial charge in [-0.1, -0.05) is 79.7 Å². The quantitative estimate of drug-likeness (QED) is 0.139. The summed E-state index contributed by atoms with van der Waals surface area (Å²) in [6.07, 6.45) is 8.62. The van der Waals surface area contributed by atoms with E-state index >= 15 is 0 Å². The Labute approximate surface area is 285 Å². The number of carbonyl (C=O) groups is 2. The molecule has 0 aliphatic rings. The Hall–Kier alpha value is -3.12. The molecule has 0 unspecified atom stereocenters. The number of ketones is 1. The molecule has 0 fully saturated rings. The van der Waals surface area contributed by atoms with E-state index < -0.39 is 5.97 Å². The van der Waals surface area contributed by atoms with Crippen LogP contribution >= 0.6 is 0 Å². The van der Waals surface area contributed by atoms with Crippen LogP contribution in [0, 0.1) is 5.92 Å². The predicted molar refractivity (Wildman–Crippen MR) is 173 cm³/mol. The van der Waals surface area contributed by atoms with Gasteiger partial charge in [0, 0.05) is 47.8 Å². The van der Waals surface area contributed by atoms with Crippen LogP contribution in [-0.2, 0) is 37.5 Å². The molecule has 3 aromatic carbocycles. The molecule has 1 aromatic heterocycles. The van der Waals surface area contributed by atoms with E-state index in [2.05, 4.69) is 66.0 Å². The Balaban J connectivity index is 0.00000529. The maximum Gasteiger partial charge on any atom is 1.00 e. The number of aryl methyl sites for hydroxylation is 3. The van der Waals surface area contributed by atoms with Crippen LogP contribution in [0.3, 0.4) is 0 Å². The molecule has 6 heteroatoms. The van der Waals surface area contributed by atoms with Crippen molar-refractivity contribution in [3.8, 4) is 0 Å². The first kappa shape index (κ1) is 35.4. The molecule has 0 bridgehead atoms. The summed E-state index contributed by atoms with van der Waals surface area (Å²) in [6.45, 7) is 2.92. The van der Waals surface area contributed by atoms with Crippen molar-refractivity contribution < 1.29 is 44.3 Å².